The molecule has 0 aliphatic carbocycles. The van der Waals surface area contributed by atoms with Crippen molar-refractivity contribution in [2.24, 2.45) is 0 Å². The van der Waals surface area contributed by atoms with Crippen molar-refractivity contribution in [1.29, 1.82) is 0 Å². The zero-order chi connectivity index (χ0) is 15.8. The summed E-state index contributed by atoms with van der Waals surface area (Å²) in [5.41, 5.74) is 1.11. The van der Waals surface area contributed by atoms with Gasteiger partial charge in [-0.25, -0.2) is 0 Å². The van der Waals surface area contributed by atoms with Gasteiger partial charge in [0.05, 0.1) is 11.5 Å². The van der Waals surface area contributed by atoms with Crippen molar-refractivity contribution in [3.63, 3.8) is 0 Å². The van der Waals surface area contributed by atoms with E-state index < -0.39 is 0 Å². The lowest BCUT2D eigenvalue weighted by molar-refractivity contribution is -0.385. The Balaban J connectivity index is 3.05. The van der Waals surface area contributed by atoms with Gasteiger partial charge in [0.1, 0.15) is 0 Å². The van der Waals surface area contributed by atoms with E-state index in [-0.39, 0.29) is 16.5 Å². The van der Waals surface area contributed by atoms with Crippen LogP contribution in [0.25, 0.3) is 0 Å². The van der Waals surface area contributed by atoms with Gasteiger partial charge in [0, 0.05) is 12.1 Å². The number of hydrogen-bond donors (Lipinski definition) is 1. The molecule has 0 amide bonds. The second-order valence-corrected chi connectivity index (χ2v) is 5.19. The highest BCUT2D eigenvalue weighted by molar-refractivity contribution is 5.49. The Morgan fingerprint density at radius 2 is 2.05 bits per heavy atom. The molecule has 118 valence electrons. The normalized spacial score (nSPS) is 13.7. The van der Waals surface area contributed by atoms with Crippen LogP contribution in [0.1, 0.15) is 52.0 Å². The number of nitro groups is 1. The summed E-state index contributed by atoms with van der Waals surface area (Å²) in [7, 11) is 0. The summed E-state index contributed by atoms with van der Waals surface area (Å²) in [4.78, 5) is 10.7. The van der Waals surface area contributed by atoms with Crippen LogP contribution in [-0.2, 0) is 0 Å². The van der Waals surface area contributed by atoms with E-state index >= 15 is 0 Å². The van der Waals surface area contributed by atoms with Crippen LogP contribution in [0.2, 0.25) is 0 Å². The standard InChI is InChI=1S/C16H26N2O3/c1-5-10-21-16-11-13(8-9-15(16)18(19)20)12(4)14(6-2)17-7-3/h8-9,11-12,14,17H,5-7,10H2,1-4H3. The third-order valence-corrected chi connectivity index (χ3v) is 3.68. The predicted octanol–water partition coefficient (Wildman–Crippen LogP) is 3.88. The lowest BCUT2D eigenvalue weighted by atomic mass is 9.91. The molecule has 1 aromatic carbocycles. The largest absolute Gasteiger partial charge is 0.487 e. The Kier molecular flexibility index (Phi) is 7.15. The van der Waals surface area contributed by atoms with Crippen molar-refractivity contribution in [3.05, 3.63) is 33.9 Å². The molecule has 0 aliphatic rings. The Morgan fingerprint density at radius 3 is 2.57 bits per heavy atom. The zero-order valence-electron chi connectivity index (χ0n) is 13.4. The van der Waals surface area contributed by atoms with Crippen LogP contribution >= 0.6 is 0 Å². The number of nitro benzene ring substituents is 1. The highest BCUT2D eigenvalue weighted by atomic mass is 16.6. The van der Waals surface area contributed by atoms with Crippen LogP contribution in [0.3, 0.4) is 0 Å². The van der Waals surface area contributed by atoms with E-state index in [1.54, 1.807) is 6.07 Å². The summed E-state index contributed by atoms with van der Waals surface area (Å²) < 4.78 is 5.55. The molecule has 0 aromatic heterocycles. The molecule has 0 bridgehead atoms. The van der Waals surface area contributed by atoms with Gasteiger partial charge in [0.25, 0.3) is 0 Å². The highest BCUT2D eigenvalue weighted by Crippen LogP contribution is 2.32. The molecule has 1 N–H and O–H groups in total. The van der Waals surface area contributed by atoms with E-state index in [0.717, 1.165) is 24.9 Å². The second kappa shape index (κ2) is 8.62. The van der Waals surface area contributed by atoms with Gasteiger partial charge in [-0.3, -0.25) is 10.1 Å². The maximum atomic E-state index is 11.1. The summed E-state index contributed by atoms with van der Waals surface area (Å²) in [6.07, 6.45) is 1.84. The van der Waals surface area contributed by atoms with Crippen LogP contribution in [-0.4, -0.2) is 24.1 Å². The number of ether oxygens (including phenoxy) is 1. The van der Waals surface area contributed by atoms with Crippen molar-refractivity contribution in [1.82, 2.24) is 5.32 Å². The lowest BCUT2D eigenvalue weighted by Gasteiger charge is -2.24. The van der Waals surface area contributed by atoms with Gasteiger partial charge >= 0.3 is 5.69 Å². The van der Waals surface area contributed by atoms with Gasteiger partial charge in [-0.2, -0.15) is 0 Å². The first-order valence-corrected chi connectivity index (χ1v) is 7.69. The molecule has 0 heterocycles. The number of benzene rings is 1. The number of hydrogen-bond acceptors (Lipinski definition) is 4. The van der Waals surface area contributed by atoms with Gasteiger partial charge in [-0.05, 0) is 36.9 Å². The van der Waals surface area contributed by atoms with E-state index in [4.69, 9.17) is 4.74 Å². The fourth-order valence-electron chi connectivity index (χ4n) is 2.46. The lowest BCUT2D eigenvalue weighted by Crippen LogP contribution is -2.33. The van der Waals surface area contributed by atoms with Crippen molar-refractivity contribution >= 4 is 5.69 Å². The third-order valence-electron chi connectivity index (χ3n) is 3.68. The smallest absolute Gasteiger partial charge is 0.310 e. The molecule has 0 aliphatic heterocycles. The minimum absolute atomic E-state index is 0.0379. The van der Waals surface area contributed by atoms with Crippen LogP contribution in [0.5, 0.6) is 5.75 Å². The van der Waals surface area contributed by atoms with Crippen molar-refractivity contribution < 1.29 is 9.66 Å². The van der Waals surface area contributed by atoms with E-state index in [1.807, 2.05) is 19.1 Å². The maximum absolute atomic E-state index is 11.1. The summed E-state index contributed by atoms with van der Waals surface area (Å²) in [6.45, 7) is 9.75. The van der Waals surface area contributed by atoms with E-state index in [2.05, 4.69) is 26.1 Å². The Hall–Kier alpha value is -1.62. The Morgan fingerprint density at radius 1 is 1.33 bits per heavy atom. The van der Waals surface area contributed by atoms with Crippen molar-refractivity contribution in [2.45, 2.75) is 52.5 Å². The van der Waals surface area contributed by atoms with E-state index in [0.29, 0.717) is 18.4 Å². The quantitative estimate of drug-likeness (QED) is 0.554. The molecule has 1 rings (SSSR count). The van der Waals surface area contributed by atoms with Crippen LogP contribution < -0.4 is 10.1 Å². The molecule has 0 saturated heterocycles. The Bertz CT molecular complexity index is 463. The molecule has 2 atom stereocenters. The second-order valence-electron chi connectivity index (χ2n) is 5.19. The topological polar surface area (TPSA) is 64.4 Å². The van der Waals surface area contributed by atoms with Crippen LogP contribution in [0, 0.1) is 10.1 Å². The molecular formula is C16H26N2O3. The number of nitrogens with zero attached hydrogens (tertiary/aromatic N) is 1. The first-order chi connectivity index (χ1) is 10.0. The SMILES string of the molecule is CCCOc1cc(C(C)C(CC)NCC)ccc1[N+](=O)[O-]. The van der Waals surface area contributed by atoms with Gasteiger partial charge in [0.15, 0.2) is 5.75 Å². The minimum atomic E-state index is -0.388. The van der Waals surface area contributed by atoms with Gasteiger partial charge in [-0.15, -0.1) is 0 Å². The fourth-order valence-corrected chi connectivity index (χ4v) is 2.46. The molecule has 0 fully saturated rings. The van der Waals surface area contributed by atoms with E-state index in [1.165, 1.54) is 0 Å². The minimum Gasteiger partial charge on any atom is -0.487 e. The molecule has 0 radical (unpaired) electrons. The van der Waals surface area contributed by atoms with E-state index in [9.17, 15) is 10.1 Å². The molecule has 5 nitrogen and oxygen atoms in total. The van der Waals surface area contributed by atoms with Gasteiger partial charge < -0.3 is 10.1 Å². The summed E-state index contributed by atoms with van der Waals surface area (Å²) in [5.74, 6) is 0.650. The number of nitrogens with one attached hydrogen (secondary N) is 1. The van der Waals surface area contributed by atoms with Gasteiger partial charge in [-0.1, -0.05) is 33.8 Å². The molecular weight excluding hydrogens is 268 g/mol. The van der Waals surface area contributed by atoms with Gasteiger partial charge in [0.2, 0.25) is 0 Å². The zero-order valence-corrected chi connectivity index (χ0v) is 13.4. The number of rotatable bonds is 9. The monoisotopic (exact) mass is 294 g/mol. The van der Waals surface area contributed by atoms with Crippen LogP contribution in [0.15, 0.2) is 18.2 Å². The molecule has 0 saturated carbocycles. The Labute approximate surface area is 126 Å². The average Bonchev–Trinajstić information content (AvgIpc) is 2.49. The summed E-state index contributed by atoms with van der Waals surface area (Å²) >= 11 is 0. The van der Waals surface area contributed by atoms with Crippen molar-refractivity contribution in [2.75, 3.05) is 13.2 Å². The fraction of sp³-hybridized carbons (Fsp3) is 0.625. The number of likely N-dealkylation sites (N-methyl/N-ethyl adjacent to an activating group) is 1. The first-order valence-electron chi connectivity index (χ1n) is 7.69. The van der Waals surface area contributed by atoms with Crippen LogP contribution in [0.4, 0.5) is 5.69 Å². The molecule has 5 heteroatoms. The molecule has 21 heavy (non-hydrogen) atoms. The summed E-state index contributed by atoms with van der Waals surface area (Å²) in [6, 6.07) is 5.56. The van der Waals surface area contributed by atoms with Crippen molar-refractivity contribution in [3.8, 4) is 5.75 Å². The molecule has 2 unspecified atom stereocenters. The molecule has 1 aromatic rings. The summed E-state index contributed by atoms with van der Waals surface area (Å²) in [5, 5.41) is 14.5. The molecule has 0 spiro atoms. The predicted molar refractivity (Wildman–Crippen MR) is 85.1 cm³/mol. The first kappa shape index (κ1) is 17.4. The highest BCUT2D eigenvalue weighted by Gasteiger charge is 2.21. The average molecular weight is 294 g/mol. The maximum Gasteiger partial charge on any atom is 0.310 e. The third kappa shape index (κ3) is 4.70.